The number of hydrogen-bond acceptors (Lipinski definition) is 6. The summed E-state index contributed by atoms with van der Waals surface area (Å²) in [5.41, 5.74) is 0. The van der Waals surface area contributed by atoms with E-state index in [-0.39, 0.29) is 29.6 Å². The Labute approximate surface area is 90.9 Å². The molecule has 0 spiro atoms. The molecule has 3 atom stereocenters. The van der Waals surface area contributed by atoms with E-state index in [1.807, 2.05) is 0 Å². The Hall–Kier alpha value is 1.13. The minimum Gasteiger partial charge on any atom is -0.391 e. The molecule has 12 heavy (non-hydrogen) atoms. The number of aliphatic hydroxyl groups excluding tert-OH is 1. The molecule has 0 aliphatic carbocycles. The van der Waals surface area contributed by atoms with E-state index in [2.05, 4.69) is 13.4 Å². The fourth-order valence-electron chi connectivity index (χ4n) is 0.453. The summed E-state index contributed by atoms with van der Waals surface area (Å²) in [5, 5.41) is 8.37. The molecule has 3 unspecified atom stereocenters. The van der Waals surface area contributed by atoms with Crippen molar-refractivity contribution in [1.82, 2.24) is 0 Å². The molecule has 0 aromatic carbocycles. The van der Waals surface area contributed by atoms with E-state index in [1.165, 1.54) is 0 Å². The Morgan fingerprint density at radius 1 is 1.58 bits per heavy atom. The summed E-state index contributed by atoms with van der Waals surface area (Å²) in [5.74, 6) is 0. The molecule has 1 radical (unpaired) electrons. The van der Waals surface area contributed by atoms with Crippen molar-refractivity contribution < 1.29 is 32.5 Å². The normalized spacial score (nSPS) is 38.8. The smallest absolute Gasteiger partial charge is 0.391 e. The van der Waals surface area contributed by atoms with Crippen LogP contribution in [-0.2, 0) is 22.5 Å². The van der Waals surface area contributed by atoms with E-state index in [9.17, 15) is 9.13 Å². The van der Waals surface area contributed by atoms with Gasteiger partial charge in [0.2, 0.25) is 6.29 Å². The van der Waals surface area contributed by atoms with Crippen molar-refractivity contribution in [3.05, 3.63) is 0 Å². The molecule has 7 nitrogen and oxygen atoms in total. The van der Waals surface area contributed by atoms with Gasteiger partial charge in [0.1, 0.15) is 0 Å². The van der Waals surface area contributed by atoms with Gasteiger partial charge in [-0.05, 0) is 4.31 Å². The third kappa shape index (κ3) is 3.89. The second-order valence-electron chi connectivity index (χ2n) is 1.60. The van der Waals surface area contributed by atoms with Crippen LogP contribution in [0.25, 0.3) is 0 Å². The molecule has 1 saturated heterocycles. The Morgan fingerprint density at radius 2 is 2.17 bits per heavy atom. The molecule has 65 valence electrons. The molecule has 1 aliphatic heterocycles. The first kappa shape index (κ1) is 13.1. The molecule has 0 amide bonds. The fourth-order valence-corrected chi connectivity index (χ4v) is 2.21. The van der Waals surface area contributed by atoms with Gasteiger partial charge in [0.05, 0.1) is 6.61 Å². The molecule has 1 heterocycles. The first-order chi connectivity index (χ1) is 5.03. The van der Waals surface area contributed by atoms with E-state index < -0.39 is 29.0 Å². The average Bonchev–Trinajstić information content (AvgIpc) is 1.83. The first-order valence-corrected chi connectivity index (χ1v) is 5.08. The predicted molar refractivity (Wildman–Crippen MR) is 37.3 cm³/mol. The second kappa shape index (κ2) is 5.12. The number of phosphoric ester groups is 1. The van der Waals surface area contributed by atoms with E-state index >= 15 is 0 Å². The van der Waals surface area contributed by atoms with Gasteiger partial charge in [0.15, 0.2) is 0 Å². The van der Waals surface area contributed by atoms with Crippen LogP contribution in [0.2, 0.25) is 0 Å². The van der Waals surface area contributed by atoms with Gasteiger partial charge < -0.3 is 5.11 Å². The number of rotatable bonds is 1. The van der Waals surface area contributed by atoms with Gasteiger partial charge in [-0.15, -0.1) is 0 Å². The van der Waals surface area contributed by atoms with Gasteiger partial charge in [-0.25, -0.2) is 9.09 Å². The van der Waals surface area contributed by atoms with Crippen LogP contribution in [0.1, 0.15) is 0 Å². The van der Waals surface area contributed by atoms with Crippen molar-refractivity contribution in [2.45, 2.75) is 6.29 Å². The maximum absolute atomic E-state index is 10.5. The summed E-state index contributed by atoms with van der Waals surface area (Å²) < 4.78 is 33.2. The number of hydrogen-bond donors (Lipinski definition) is 2. The molecule has 2 N–H and O–H groups in total. The zero-order valence-corrected chi connectivity index (χ0v) is 9.90. The van der Waals surface area contributed by atoms with Crippen LogP contribution < -0.4 is 0 Å². The molecular weight excluding hydrogens is 221 g/mol. The monoisotopic (exact) mass is 226 g/mol. The van der Waals surface area contributed by atoms with Crippen molar-refractivity contribution >= 4 is 45.6 Å². The quantitative estimate of drug-likeness (QED) is 0.469. The summed E-state index contributed by atoms with van der Waals surface area (Å²) in [4.78, 5) is 8.58. The summed E-state index contributed by atoms with van der Waals surface area (Å²) in [6.07, 6.45) is -1.36. The van der Waals surface area contributed by atoms with Gasteiger partial charge in [-0.3, -0.25) is 4.89 Å². The third-order valence-electron chi connectivity index (χ3n) is 0.773. The Bertz CT molecular complexity index is 217. The number of aliphatic hydroxyl groups is 1. The van der Waals surface area contributed by atoms with Gasteiger partial charge >= 0.3 is 16.1 Å². The van der Waals surface area contributed by atoms with E-state index in [0.717, 1.165) is 0 Å². The zero-order chi connectivity index (χ0) is 8.48. The maximum Gasteiger partial charge on any atom is 0.711 e. The fraction of sp³-hybridized carbons (Fsp3) is 1.00. The molecular formula is C2H5NaO7P2+. The molecule has 0 aromatic rings. The molecule has 1 aliphatic rings. The molecule has 1 fully saturated rings. The Morgan fingerprint density at radius 3 is 2.58 bits per heavy atom. The van der Waals surface area contributed by atoms with E-state index in [0.29, 0.717) is 0 Å². The molecule has 0 saturated carbocycles. The molecule has 0 bridgehead atoms. The summed E-state index contributed by atoms with van der Waals surface area (Å²) >= 11 is 0. The molecule has 10 heteroatoms. The summed E-state index contributed by atoms with van der Waals surface area (Å²) in [6, 6.07) is 0. The predicted octanol–water partition coefficient (Wildman–Crippen LogP) is -0.255. The van der Waals surface area contributed by atoms with Crippen molar-refractivity contribution in [2.24, 2.45) is 0 Å². The van der Waals surface area contributed by atoms with Crippen LogP contribution in [0.3, 0.4) is 0 Å². The standard InChI is InChI=1S/C2H4O7P2.Na/c3-1-2-7-10(4)9-11(5,6)8-2;/h2-3H,1H2;/p+1. The van der Waals surface area contributed by atoms with Crippen molar-refractivity contribution in [2.75, 3.05) is 6.61 Å². The summed E-state index contributed by atoms with van der Waals surface area (Å²) in [7, 11) is -6.96. The van der Waals surface area contributed by atoms with Crippen LogP contribution in [0.4, 0.5) is 0 Å². The second-order valence-corrected chi connectivity index (χ2v) is 4.06. The van der Waals surface area contributed by atoms with Gasteiger partial charge in [-0.2, -0.15) is 0 Å². The largest absolute Gasteiger partial charge is 0.711 e. The summed E-state index contributed by atoms with van der Waals surface area (Å²) in [6.45, 7) is -0.658. The van der Waals surface area contributed by atoms with Crippen LogP contribution in [-0.4, -0.2) is 52.5 Å². The molecule has 0 aromatic heterocycles. The van der Waals surface area contributed by atoms with E-state index in [1.54, 1.807) is 0 Å². The topological polar surface area (TPSA) is 102 Å². The van der Waals surface area contributed by atoms with Gasteiger partial charge in [0, 0.05) is 34.1 Å². The van der Waals surface area contributed by atoms with Crippen molar-refractivity contribution in [3.63, 3.8) is 0 Å². The Kier molecular flexibility index (Phi) is 5.60. The van der Waals surface area contributed by atoms with Gasteiger partial charge in [0.25, 0.3) is 0 Å². The first-order valence-electron chi connectivity index (χ1n) is 2.49. The van der Waals surface area contributed by atoms with Crippen LogP contribution in [0, 0.1) is 0 Å². The van der Waals surface area contributed by atoms with Crippen LogP contribution in [0.15, 0.2) is 0 Å². The van der Waals surface area contributed by atoms with Crippen LogP contribution in [0.5, 0.6) is 0 Å². The van der Waals surface area contributed by atoms with Crippen LogP contribution >= 0.6 is 16.1 Å². The minimum atomic E-state index is -4.28. The minimum absolute atomic E-state index is 0. The zero-order valence-electron chi connectivity index (χ0n) is 6.11. The van der Waals surface area contributed by atoms with Gasteiger partial charge in [-0.1, -0.05) is 4.52 Å². The van der Waals surface area contributed by atoms with Crippen molar-refractivity contribution in [3.8, 4) is 0 Å². The number of phosphoric acid groups is 1. The Balaban J connectivity index is 0.00000121. The third-order valence-corrected chi connectivity index (χ3v) is 3.04. The van der Waals surface area contributed by atoms with E-state index in [4.69, 9.17) is 10.00 Å². The average molecular weight is 226 g/mol. The SMILES string of the molecule is O=[P+]1OC(CO)OP(=O)(O)O1.[Na]. The molecule has 1 rings (SSSR count). The maximum atomic E-state index is 10.5. The van der Waals surface area contributed by atoms with Crippen molar-refractivity contribution in [1.29, 1.82) is 0 Å².